The molecule has 0 aliphatic heterocycles. The summed E-state index contributed by atoms with van der Waals surface area (Å²) in [5, 5.41) is 3.32. The number of benzene rings is 1. The second kappa shape index (κ2) is 7.60. The highest BCUT2D eigenvalue weighted by Gasteiger charge is 2.15. The molecule has 4 heteroatoms. The third-order valence-electron chi connectivity index (χ3n) is 3.38. The number of hydrogen-bond donors (Lipinski definition) is 1. The molecule has 1 aromatic heterocycles. The molecule has 1 aromatic carbocycles. The Hall–Kier alpha value is -1.94. The molecule has 1 N–H and O–H groups in total. The summed E-state index contributed by atoms with van der Waals surface area (Å²) in [5.41, 5.74) is 2.36. The first kappa shape index (κ1) is 14.5. The first-order valence-corrected chi connectivity index (χ1v) is 7.06. The lowest BCUT2D eigenvalue weighted by atomic mass is 10.0. The van der Waals surface area contributed by atoms with Crippen LogP contribution < -0.4 is 5.32 Å². The number of imidazole rings is 1. The van der Waals surface area contributed by atoms with Crippen molar-refractivity contribution in [1.82, 2.24) is 14.9 Å². The van der Waals surface area contributed by atoms with E-state index in [2.05, 4.69) is 33.9 Å². The second-order valence-corrected chi connectivity index (χ2v) is 4.74. The molecule has 0 radical (unpaired) electrons. The van der Waals surface area contributed by atoms with Gasteiger partial charge in [-0.3, -0.25) is 0 Å². The van der Waals surface area contributed by atoms with Gasteiger partial charge < -0.3 is 14.7 Å². The zero-order chi connectivity index (χ0) is 14.2. The average molecular weight is 271 g/mol. The van der Waals surface area contributed by atoms with Gasteiger partial charge in [-0.15, -0.1) is 0 Å². The molecule has 0 aliphatic rings. The maximum Gasteiger partial charge on any atom is 0.120 e. The Morgan fingerprint density at radius 1 is 1.35 bits per heavy atom. The minimum Gasteiger partial charge on any atom is -0.326 e. The molecule has 2 rings (SSSR count). The Morgan fingerprint density at radius 2 is 2.15 bits per heavy atom. The van der Waals surface area contributed by atoms with Gasteiger partial charge in [0.2, 0.25) is 0 Å². The molecule has 0 fully saturated rings. The minimum absolute atomic E-state index is 0.164. The maximum absolute atomic E-state index is 10.7. The third kappa shape index (κ3) is 3.54. The Bertz CT molecular complexity index is 522. The van der Waals surface area contributed by atoms with Gasteiger partial charge in [-0.2, -0.15) is 0 Å². The van der Waals surface area contributed by atoms with Gasteiger partial charge in [0.15, 0.2) is 0 Å². The molecule has 1 atom stereocenters. The lowest BCUT2D eigenvalue weighted by Gasteiger charge is -2.21. The highest BCUT2D eigenvalue weighted by atomic mass is 16.1. The van der Waals surface area contributed by atoms with Gasteiger partial charge in [0, 0.05) is 19.2 Å². The molecule has 20 heavy (non-hydrogen) atoms. The van der Waals surface area contributed by atoms with Crippen LogP contribution in [0.3, 0.4) is 0 Å². The Kier molecular flexibility index (Phi) is 5.50. The van der Waals surface area contributed by atoms with Crippen molar-refractivity contribution < 1.29 is 4.79 Å². The number of aldehydes is 1. The van der Waals surface area contributed by atoms with E-state index in [4.69, 9.17) is 0 Å². The fourth-order valence-corrected chi connectivity index (χ4v) is 2.37. The zero-order valence-corrected chi connectivity index (χ0v) is 11.8. The number of rotatable bonds is 8. The van der Waals surface area contributed by atoms with Crippen molar-refractivity contribution in [1.29, 1.82) is 0 Å². The van der Waals surface area contributed by atoms with E-state index in [0.717, 1.165) is 31.5 Å². The van der Waals surface area contributed by atoms with Crippen LogP contribution in [0.5, 0.6) is 0 Å². The maximum atomic E-state index is 10.7. The summed E-state index contributed by atoms with van der Waals surface area (Å²) in [5.74, 6) is 0. The molecule has 0 aliphatic carbocycles. The molecule has 1 unspecified atom stereocenters. The number of carbonyl (C=O) groups is 1. The number of aromatic nitrogens is 2. The molecule has 0 saturated heterocycles. The summed E-state index contributed by atoms with van der Waals surface area (Å²) >= 11 is 0. The van der Waals surface area contributed by atoms with Gasteiger partial charge in [-0.1, -0.05) is 37.3 Å². The molecular weight excluding hydrogens is 250 g/mol. The first-order valence-electron chi connectivity index (χ1n) is 7.06. The van der Waals surface area contributed by atoms with E-state index in [1.54, 1.807) is 0 Å². The van der Waals surface area contributed by atoms with E-state index in [-0.39, 0.29) is 6.04 Å². The summed E-state index contributed by atoms with van der Waals surface area (Å²) in [4.78, 5) is 15.0. The summed E-state index contributed by atoms with van der Waals surface area (Å²) in [6, 6.07) is 10.4. The highest BCUT2D eigenvalue weighted by Crippen LogP contribution is 2.24. The van der Waals surface area contributed by atoms with Crippen molar-refractivity contribution >= 4 is 6.29 Å². The summed E-state index contributed by atoms with van der Waals surface area (Å²) in [6.07, 6.45) is 6.08. The molecule has 4 nitrogen and oxygen atoms in total. The van der Waals surface area contributed by atoms with Crippen molar-refractivity contribution in [2.45, 2.75) is 32.4 Å². The third-order valence-corrected chi connectivity index (χ3v) is 3.38. The molecule has 0 bridgehead atoms. The van der Waals surface area contributed by atoms with E-state index >= 15 is 0 Å². The van der Waals surface area contributed by atoms with Crippen LogP contribution in [0.1, 0.15) is 37.1 Å². The number of nitrogens with zero attached hydrogens (tertiary/aromatic N) is 2. The van der Waals surface area contributed by atoms with E-state index < -0.39 is 0 Å². The summed E-state index contributed by atoms with van der Waals surface area (Å²) in [6.45, 7) is 3.80. The average Bonchev–Trinajstić information content (AvgIpc) is 2.95. The van der Waals surface area contributed by atoms with Gasteiger partial charge in [0.1, 0.15) is 6.29 Å². The quantitative estimate of drug-likeness (QED) is 0.751. The monoisotopic (exact) mass is 271 g/mol. The lowest BCUT2D eigenvalue weighted by Crippen LogP contribution is -2.19. The van der Waals surface area contributed by atoms with Crippen LogP contribution in [-0.4, -0.2) is 22.4 Å². The van der Waals surface area contributed by atoms with E-state index in [1.807, 2.05) is 30.7 Å². The molecule has 0 saturated carbocycles. The molecule has 1 heterocycles. The number of hydrogen-bond acceptors (Lipinski definition) is 3. The van der Waals surface area contributed by atoms with Crippen molar-refractivity contribution in [2.75, 3.05) is 6.54 Å². The highest BCUT2D eigenvalue weighted by molar-refractivity contribution is 5.49. The lowest BCUT2D eigenvalue weighted by molar-refractivity contribution is -0.108. The smallest absolute Gasteiger partial charge is 0.120 e. The standard InChI is InChI=1S/C16H21N3O/c1-2-17-11-15-12-18-13-19(15)16(9-6-10-20)14-7-4-3-5-8-14/h3-5,7-8,10,12-13,16-17H,2,6,9,11H2,1H3. The van der Waals surface area contributed by atoms with Crippen molar-refractivity contribution in [3.05, 3.63) is 54.1 Å². The van der Waals surface area contributed by atoms with Crippen molar-refractivity contribution in [2.24, 2.45) is 0 Å². The molecule has 2 aromatic rings. The zero-order valence-electron chi connectivity index (χ0n) is 11.8. The topological polar surface area (TPSA) is 46.9 Å². The van der Waals surface area contributed by atoms with Crippen molar-refractivity contribution in [3.8, 4) is 0 Å². The van der Waals surface area contributed by atoms with Gasteiger partial charge >= 0.3 is 0 Å². The summed E-state index contributed by atoms with van der Waals surface area (Å²) < 4.78 is 2.17. The summed E-state index contributed by atoms with van der Waals surface area (Å²) in [7, 11) is 0. The van der Waals surface area contributed by atoms with Crippen LogP contribution in [0.2, 0.25) is 0 Å². The van der Waals surface area contributed by atoms with Crippen LogP contribution in [-0.2, 0) is 11.3 Å². The first-order chi connectivity index (χ1) is 9.86. The van der Waals surface area contributed by atoms with Crippen molar-refractivity contribution in [3.63, 3.8) is 0 Å². The predicted molar refractivity (Wildman–Crippen MR) is 79.5 cm³/mol. The van der Waals surface area contributed by atoms with Gasteiger partial charge in [-0.05, 0) is 18.5 Å². The van der Waals surface area contributed by atoms with Gasteiger partial charge in [-0.25, -0.2) is 4.98 Å². The van der Waals surface area contributed by atoms with E-state index in [1.165, 1.54) is 5.56 Å². The van der Waals surface area contributed by atoms with Crippen LogP contribution >= 0.6 is 0 Å². The predicted octanol–water partition coefficient (Wildman–Crippen LogP) is 2.56. The van der Waals surface area contributed by atoms with Crippen LogP contribution in [0, 0.1) is 0 Å². The SMILES string of the molecule is CCNCc1cncn1C(CCC=O)c1ccccc1. The molecular formula is C16H21N3O. The largest absolute Gasteiger partial charge is 0.326 e. The fourth-order valence-electron chi connectivity index (χ4n) is 2.37. The number of nitrogens with one attached hydrogen (secondary N) is 1. The van der Waals surface area contributed by atoms with Gasteiger partial charge in [0.25, 0.3) is 0 Å². The molecule has 0 spiro atoms. The van der Waals surface area contributed by atoms with E-state index in [0.29, 0.717) is 6.42 Å². The Labute approximate surface area is 119 Å². The van der Waals surface area contributed by atoms with Crippen LogP contribution in [0.25, 0.3) is 0 Å². The molecule has 0 amide bonds. The second-order valence-electron chi connectivity index (χ2n) is 4.74. The Balaban J connectivity index is 2.26. The Morgan fingerprint density at radius 3 is 2.85 bits per heavy atom. The van der Waals surface area contributed by atoms with Crippen LogP contribution in [0.15, 0.2) is 42.9 Å². The molecule has 106 valence electrons. The minimum atomic E-state index is 0.164. The normalized spacial score (nSPS) is 12.2. The fraction of sp³-hybridized carbons (Fsp3) is 0.375. The number of carbonyl (C=O) groups excluding carboxylic acids is 1. The van der Waals surface area contributed by atoms with Crippen LogP contribution in [0.4, 0.5) is 0 Å². The van der Waals surface area contributed by atoms with Gasteiger partial charge in [0.05, 0.1) is 18.1 Å². The van der Waals surface area contributed by atoms with E-state index in [9.17, 15) is 4.79 Å².